The van der Waals surface area contributed by atoms with Crippen molar-refractivity contribution in [3.8, 4) is 5.75 Å². The van der Waals surface area contributed by atoms with Gasteiger partial charge in [0.25, 0.3) is 0 Å². The van der Waals surface area contributed by atoms with Crippen molar-refractivity contribution in [2.75, 3.05) is 12.0 Å². The number of nitrogens with one attached hydrogen (secondary N) is 2. The van der Waals surface area contributed by atoms with E-state index in [4.69, 9.17) is 4.74 Å². The maximum atomic E-state index is 13.8. The molecule has 0 aliphatic carbocycles. The summed E-state index contributed by atoms with van der Waals surface area (Å²) in [7, 11) is 0. The smallest absolute Gasteiger partial charge is 0.168 e. The third-order valence-corrected chi connectivity index (χ3v) is 2.82. The second-order valence-corrected chi connectivity index (χ2v) is 4.57. The average molecular weight is 292 g/mol. The number of hydrogen-bond donors (Lipinski definition) is 2. The number of ether oxygens (including phenoxy) is 1. The molecule has 5 heteroatoms. The van der Waals surface area contributed by atoms with Gasteiger partial charge in [-0.05, 0) is 24.6 Å². The molecule has 0 amide bonds. The first-order valence-corrected chi connectivity index (χ1v) is 6.85. The number of halogens is 2. The molecule has 2 aromatic rings. The minimum Gasteiger partial charge on any atom is -0.490 e. The molecule has 2 aromatic carbocycles. The van der Waals surface area contributed by atoms with Gasteiger partial charge in [-0.15, -0.1) is 0 Å². The molecule has 0 aliphatic rings. The van der Waals surface area contributed by atoms with Crippen molar-refractivity contribution >= 4 is 5.69 Å². The van der Waals surface area contributed by atoms with E-state index >= 15 is 0 Å². The summed E-state index contributed by atoms with van der Waals surface area (Å²) in [6.45, 7) is 2.56. The topological polar surface area (TPSA) is 33.3 Å². The number of anilines is 1. The third-order valence-electron chi connectivity index (χ3n) is 2.82. The Morgan fingerprint density at radius 3 is 2.57 bits per heavy atom. The van der Waals surface area contributed by atoms with Gasteiger partial charge in [-0.3, -0.25) is 0 Å². The molecule has 21 heavy (non-hydrogen) atoms. The average Bonchev–Trinajstić information content (AvgIpc) is 2.47. The number of hydrazine groups is 1. The van der Waals surface area contributed by atoms with Gasteiger partial charge in [0.2, 0.25) is 0 Å². The Labute approximate surface area is 122 Å². The molecule has 0 bridgehead atoms. The fourth-order valence-electron chi connectivity index (χ4n) is 1.87. The molecule has 3 nitrogen and oxygen atoms in total. The van der Waals surface area contributed by atoms with E-state index < -0.39 is 11.6 Å². The molecule has 2 rings (SSSR count). The third kappa shape index (κ3) is 4.43. The van der Waals surface area contributed by atoms with Crippen molar-refractivity contribution in [1.29, 1.82) is 0 Å². The lowest BCUT2D eigenvalue weighted by molar-refractivity contribution is 0.296. The highest BCUT2D eigenvalue weighted by Crippen LogP contribution is 2.24. The normalized spacial score (nSPS) is 10.4. The van der Waals surface area contributed by atoms with Gasteiger partial charge in [0.15, 0.2) is 11.6 Å². The Morgan fingerprint density at radius 2 is 1.86 bits per heavy atom. The van der Waals surface area contributed by atoms with E-state index in [0.29, 0.717) is 12.2 Å². The molecule has 0 radical (unpaired) electrons. The van der Waals surface area contributed by atoms with Crippen molar-refractivity contribution in [2.45, 2.75) is 19.9 Å². The lowest BCUT2D eigenvalue weighted by atomic mass is 10.2. The van der Waals surface area contributed by atoms with E-state index in [1.165, 1.54) is 6.07 Å². The predicted molar refractivity (Wildman–Crippen MR) is 79.0 cm³/mol. The number of rotatable bonds is 7. The van der Waals surface area contributed by atoms with Gasteiger partial charge in [-0.1, -0.05) is 25.1 Å². The fourth-order valence-corrected chi connectivity index (χ4v) is 1.87. The van der Waals surface area contributed by atoms with Crippen molar-refractivity contribution in [3.05, 3.63) is 59.7 Å². The van der Waals surface area contributed by atoms with Gasteiger partial charge < -0.3 is 10.2 Å². The molecule has 0 fully saturated rings. The van der Waals surface area contributed by atoms with Crippen molar-refractivity contribution in [1.82, 2.24) is 5.43 Å². The number of benzene rings is 2. The lowest BCUT2D eigenvalue weighted by Gasteiger charge is -2.14. The second-order valence-electron chi connectivity index (χ2n) is 4.57. The Morgan fingerprint density at radius 1 is 1.10 bits per heavy atom. The van der Waals surface area contributed by atoms with Crippen LogP contribution in [0.1, 0.15) is 18.9 Å². The molecular formula is C16H18F2N2O. The summed E-state index contributed by atoms with van der Waals surface area (Å²) < 4.78 is 32.5. The molecule has 0 heterocycles. The zero-order valence-electron chi connectivity index (χ0n) is 11.8. The number of para-hydroxylation sites is 1. The molecule has 0 aliphatic heterocycles. The van der Waals surface area contributed by atoms with Crippen LogP contribution in [0.5, 0.6) is 5.75 Å². The van der Waals surface area contributed by atoms with Crippen LogP contribution in [0, 0.1) is 11.6 Å². The molecule has 0 aromatic heterocycles. The van der Waals surface area contributed by atoms with E-state index in [1.54, 1.807) is 0 Å². The van der Waals surface area contributed by atoms with Crippen LogP contribution in [-0.4, -0.2) is 6.61 Å². The van der Waals surface area contributed by atoms with Crippen LogP contribution in [-0.2, 0) is 6.54 Å². The zero-order valence-corrected chi connectivity index (χ0v) is 11.8. The van der Waals surface area contributed by atoms with Gasteiger partial charge >= 0.3 is 0 Å². The van der Waals surface area contributed by atoms with Crippen LogP contribution < -0.4 is 15.6 Å². The van der Waals surface area contributed by atoms with Gasteiger partial charge in [-0.2, -0.15) is 0 Å². The van der Waals surface area contributed by atoms with E-state index in [0.717, 1.165) is 18.2 Å². The maximum absolute atomic E-state index is 13.8. The van der Waals surface area contributed by atoms with Crippen molar-refractivity contribution in [2.24, 2.45) is 0 Å². The maximum Gasteiger partial charge on any atom is 0.168 e. The summed E-state index contributed by atoms with van der Waals surface area (Å²) in [5.74, 6) is -1.20. The van der Waals surface area contributed by atoms with E-state index in [2.05, 4.69) is 10.9 Å². The Hall–Kier alpha value is -2.14. The first-order chi connectivity index (χ1) is 10.2. The van der Waals surface area contributed by atoms with E-state index in [-0.39, 0.29) is 12.3 Å². The highest BCUT2D eigenvalue weighted by molar-refractivity contribution is 5.42. The van der Waals surface area contributed by atoms with E-state index in [9.17, 15) is 8.78 Å². The lowest BCUT2D eigenvalue weighted by Crippen LogP contribution is -2.21. The standard InChI is InChI=1S/C16H18F2N2O/c1-2-8-21-16-12(9-13(17)10-15(16)18)11-19-20-14-6-4-3-5-7-14/h3-7,9-10,19-20H,2,8,11H2,1H3. The van der Waals surface area contributed by atoms with Crippen LogP contribution >= 0.6 is 0 Å². The summed E-state index contributed by atoms with van der Waals surface area (Å²) in [5.41, 5.74) is 7.19. The minimum absolute atomic E-state index is 0.0978. The highest BCUT2D eigenvalue weighted by atomic mass is 19.1. The van der Waals surface area contributed by atoms with Crippen LogP contribution in [0.4, 0.5) is 14.5 Å². The largest absolute Gasteiger partial charge is 0.490 e. The SMILES string of the molecule is CCCOc1c(F)cc(F)cc1CNNc1ccccc1. The van der Waals surface area contributed by atoms with Crippen LogP contribution in [0.15, 0.2) is 42.5 Å². The molecule has 0 saturated heterocycles. The molecule has 112 valence electrons. The highest BCUT2D eigenvalue weighted by Gasteiger charge is 2.12. The van der Waals surface area contributed by atoms with Crippen LogP contribution in [0.25, 0.3) is 0 Å². The van der Waals surface area contributed by atoms with Crippen LogP contribution in [0.2, 0.25) is 0 Å². The fraction of sp³-hybridized carbons (Fsp3) is 0.250. The monoisotopic (exact) mass is 292 g/mol. The summed E-state index contributed by atoms with van der Waals surface area (Å²) in [6.07, 6.45) is 0.756. The van der Waals surface area contributed by atoms with Crippen molar-refractivity contribution in [3.63, 3.8) is 0 Å². The Bertz CT molecular complexity index is 576. The quantitative estimate of drug-likeness (QED) is 0.760. The van der Waals surface area contributed by atoms with E-state index in [1.807, 2.05) is 37.3 Å². The second kappa shape index (κ2) is 7.59. The van der Waals surface area contributed by atoms with Gasteiger partial charge in [0, 0.05) is 23.9 Å². The molecule has 0 saturated carbocycles. The first kappa shape index (κ1) is 15.3. The minimum atomic E-state index is -0.681. The summed E-state index contributed by atoms with van der Waals surface area (Å²) >= 11 is 0. The molecule has 0 atom stereocenters. The number of hydrogen-bond acceptors (Lipinski definition) is 3. The molecule has 0 unspecified atom stereocenters. The van der Waals surface area contributed by atoms with Crippen LogP contribution in [0.3, 0.4) is 0 Å². The van der Waals surface area contributed by atoms with Crippen molar-refractivity contribution < 1.29 is 13.5 Å². The Kier molecular flexibility index (Phi) is 5.51. The first-order valence-electron chi connectivity index (χ1n) is 6.85. The van der Waals surface area contributed by atoms with Gasteiger partial charge in [0.05, 0.1) is 6.61 Å². The summed E-state index contributed by atoms with van der Waals surface area (Å²) in [5, 5.41) is 0. The Balaban J connectivity index is 2.04. The summed E-state index contributed by atoms with van der Waals surface area (Å²) in [4.78, 5) is 0. The summed E-state index contributed by atoms with van der Waals surface area (Å²) in [6, 6.07) is 11.6. The molecular weight excluding hydrogens is 274 g/mol. The molecule has 2 N–H and O–H groups in total. The predicted octanol–water partition coefficient (Wildman–Crippen LogP) is 3.87. The molecule has 0 spiro atoms. The zero-order chi connectivity index (χ0) is 15.1. The van der Waals surface area contributed by atoms with Gasteiger partial charge in [0.1, 0.15) is 5.82 Å². The van der Waals surface area contributed by atoms with Gasteiger partial charge in [-0.25, -0.2) is 14.2 Å².